The Balaban J connectivity index is 2.75. The van der Waals surface area contributed by atoms with Gasteiger partial charge in [0.05, 0.1) is 12.6 Å². The van der Waals surface area contributed by atoms with Crippen LogP contribution >= 0.6 is 0 Å². The van der Waals surface area contributed by atoms with E-state index in [1.54, 1.807) is 0 Å². The summed E-state index contributed by atoms with van der Waals surface area (Å²) in [6, 6.07) is -1.60. The van der Waals surface area contributed by atoms with Gasteiger partial charge in [-0.15, -0.1) is 0 Å². The van der Waals surface area contributed by atoms with Crippen molar-refractivity contribution in [3.05, 3.63) is 0 Å². The standard InChI is InChI=1S/C21H39N3O4/c1-6-7-11-28-21(27)18(13-15(4)5)24-20(26)17(12-14(2)3)23-19(25)16-9-8-10-22-16/h14-18,22H,6-13H2,1-5H3,(H,23,25)(H,24,26). The largest absolute Gasteiger partial charge is 0.464 e. The zero-order valence-electron chi connectivity index (χ0n) is 18.2. The summed E-state index contributed by atoms with van der Waals surface area (Å²) in [5.74, 6) is -0.414. The van der Waals surface area contributed by atoms with E-state index in [2.05, 4.69) is 16.0 Å². The molecule has 162 valence electrons. The summed E-state index contributed by atoms with van der Waals surface area (Å²) in [5.41, 5.74) is 0. The first-order valence-electron chi connectivity index (χ1n) is 10.7. The zero-order valence-corrected chi connectivity index (χ0v) is 18.2. The number of rotatable bonds is 12. The lowest BCUT2D eigenvalue weighted by Gasteiger charge is -2.25. The molecule has 0 aromatic heterocycles. The van der Waals surface area contributed by atoms with Crippen molar-refractivity contribution >= 4 is 17.8 Å². The summed E-state index contributed by atoms with van der Waals surface area (Å²) in [6.45, 7) is 11.2. The molecule has 28 heavy (non-hydrogen) atoms. The second-order valence-corrected chi connectivity index (χ2v) is 8.55. The van der Waals surface area contributed by atoms with Crippen LogP contribution in [0.1, 0.15) is 73.1 Å². The number of ether oxygens (including phenoxy) is 1. The van der Waals surface area contributed by atoms with E-state index in [9.17, 15) is 14.4 Å². The molecule has 0 saturated carbocycles. The summed E-state index contributed by atoms with van der Waals surface area (Å²) in [7, 11) is 0. The molecule has 0 aliphatic carbocycles. The van der Waals surface area contributed by atoms with Crippen LogP contribution in [-0.4, -0.2) is 49.1 Å². The third-order valence-corrected chi connectivity index (χ3v) is 4.77. The molecule has 0 aromatic rings. The molecule has 3 N–H and O–H groups in total. The van der Waals surface area contributed by atoms with Crippen LogP contribution < -0.4 is 16.0 Å². The van der Waals surface area contributed by atoms with E-state index in [-0.39, 0.29) is 29.7 Å². The second kappa shape index (κ2) is 12.8. The maximum atomic E-state index is 12.9. The Morgan fingerprint density at radius 3 is 2.21 bits per heavy atom. The predicted octanol–water partition coefficient (Wildman–Crippen LogP) is 2.14. The van der Waals surface area contributed by atoms with E-state index in [4.69, 9.17) is 4.74 Å². The van der Waals surface area contributed by atoms with Crippen LogP contribution in [0.5, 0.6) is 0 Å². The predicted molar refractivity (Wildman–Crippen MR) is 110 cm³/mol. The Morgan fingerprint density at radius 1 is 1.04 bits per heavy atom. The molecule has 0 aromatic carbocycles. The maximum Gasteiger partial charge on any atom is 0.328 e. The molecule has 7 heteroatoms. The van der Waals surface area contributed by atoms with Crippen LogP contribution in [-0.2, 0) is 19.1 Å². The first kappa shape index (κ1) is 24.4. The van der Waals surface area contributed by atoms with Crippen molar-refractivity contribution in [1.82, 2.24) is 16.0 Å². The Labute approximate surface area is 169 Å². The minimum absolute atomic E-state index is 0.149. The third kappa shape index (κ3) is 9.04. The molecule has 1 saturated heterocycles. The number of nitrogens with one attached hydrogen (secondary N) is 3. The Morgan fingerprint density at radius 2 is 1.68 bits per heavy atom. The van der Waals surface area contributed by atoms with Gasteiger partial charge < -0.3 is 20.7 Å². The van der Waals surface area contributed by atoms with Crippen molar-refractivity contribution in [2.75, 3.05) is 13.2 Å². The summed E-state index contributed by atoms with van der Waals surface area (Å²) < 4.78 is 5.32. The van der Waals surface area contributed by atoms with Gasteiger partial charge in [-0.3, -0.25) is 9.59 Å². The summed E-state index contributed by atoms with van der Waals surface area (Å²) in [5, 5.41) is 8.85. The smallest absolute Gasteiger partial charge is 0.328 e. The first-order chi connectivity index (χ1) is 13.2. The van der Waals surface area contributed by atoms with Crippen LogP contribution in [0.2, 0.25) is 0 Å². The number of hydrogen-bond donors (Lipinski definition) is 3. The van der Waals surface area contributed by atoms with Crippen LogP contribution in [0.4, 0.5) is 0 Å². The van der Waals surface area contributed by atoms with E-state index < -0.39 is 18.1 Å². The highest BCUT2D eigenvalue weighted by molar-refractivity contribution is 5.92. The molecule has 0 radical (unpaired) electrons. The Hall–Kier alpha value is -1.63. The molecular formula is C21H39N3O4. The number of unbranched alkanes of at least 4 members (excludes halogenated alkanes) is 1. The Bertz CT molecular complexity index is 502. The SMILES string of the molecule is CCCCOC(=O)C(CC(C)C)NC(=O)C(CC(C)C)NC(=O)C1CCCN1. The third-order valence-electron chi connectivity index (χ3n) is 4.77. The molecule has 1 aliphatic heterocycles. The van der Waals surface area contributed by atoms with Gasteiger partial charge in [0.1, 0.15) is 12.1 Å². The molecule has 0 spiro atoms. The zero-order chi connectivity index (χ0) is 21.1. The Kier molecular flexibility index (Phi) is 11.1. The van der Waals surface area contributed by atoms with E-state index in [1.165, 1.54) is 0 Å². The fourth-order valence-electron chi connectivity index (χ4n) is 3.26. The maximum absolute atomic E-state index is 12.9. The van der Waals surface area contributed by atoms with Crippen LogP contribution in [0.3, 0.4) is 0 Å². The van der Waals surface area contributed by atoms with Crippen molar-refractivity contribution < 1.29 is 19.1 Å². The minimum atomic E-state index is -0.694. The van der Waals surface area contributed by atoms with Crippen molar-refractivity contribution in [1.29, 1.82) is 0 Å². The highest BCUT2D eigenvalue weighted by Gasteiger charge is 2.31. The van der Waals surface area contributed by atoms with Gasteiger partial charge in [0.15, 0.2) is 0 Å². The number of hydrogen-bond acceptors (Lipinski definition) is 5. The van der Waals surface area contributed by atoms with E-state index in [1.807, 2.05) is 34.6 Å². The second-order valence-electron chi connectivity index (χ2n) is 8.55. The van der Waals surface area contributed by atoms with E-state index >= 15 is 0 Å². The molecule has 3 unspecified atom stereocenters. The molecular weight excluding hydrogens is 358 g/mol. The summed E-state index contributed by atoms with van der Waals surface area (Å²) in [6.07, 6.45) is 4.49. The van der Waals surface area contributed by atoms with Crippen LogP contribution in [0.25, 0.3) is 0 Å². The van der Waals surface area contributed by atoms with Gasteiger partial charge in [-0.05, 0) is 50.5 Å². The van der Waals surface area contributed by atoms with Gasteiger partial charge in [0.2, 0.25) is 11.8 Å². The average Bonchev–Trinajstić information content (AvgIpc) is 3.14. The van der Waals surface area contributed by atoms with Gasteiger partial charge >= 0.3 is 5.97 Å². The van der Waals surface area contributed by atoms with Crippen molar-refractivity contribution in [2.45, 2.75) is 91.3 Å². The monoisotopic (exact) mass is 397 g/mol. The highest BCUT2D eigenvalue weighted by Crippen LogP contribution is 2.11. The van der Waals surface area contributed by atoms with E-state index in [0.29, 0.717) is 19.4 Å². The molecule has 2 amide bonds. The van der Waals surface area contributed by atoms with Crippen LogP contribution in [0.15, 0.2) is 0 Å². The van der Waals surface area contributed by atoms with Crippen LogP contribution in [0, 0.1) is 11.8 Å². The fraction of sp³-hybridized carbons (Fsp3) is 0.857. The molecule has 7 nitrogen and oxygen atoms in total. The van der Waals surface area contributed by atoms with Gasteiger partial charge in [-0.25, -0.2) is 4.79 Å². The van der Waals surface area contributed by atoms with Gasteiger partial charge in [0.25, 0.3) is 0 Å². The quantitative estimate of drug-likeness (QED) is 0.346. The van der Waals surface area contributed by atoms with Gasteiger partial charge in [0, 0.05) is 0 Å². The lowest BCUT2D eigenvalue weighted by molar-refractivity contribution is -0.148. The van der Waals surface area contributed by atoms with Crippen molar-refractivity contribution in [3.63, 3.8) is 0 Å². The number of carbonyl (C=O) groups excluding carboxylic acids is 3. The van der Waals surface area contributed by atoms with E-state index in [0.717, 1.165) is 32.2 Å². The lowest BCUT2D eigenvalue weighted by atomic mass is 10.00. The van der Waals surface area contributed by atoms with Gasteiger partial charge in [-0.2, -0.15) is 0 Å². The molecule has 0 bridgehead atoms. The highest BCUT2D eigenvalue weighted by atomic mass is 16.5. The first-order valence-corrected chi connectivity index (χ1v) is 10.7. The normalized spacial score (nSPS) is 18.8. The topological polar surface area (TPSA) is 96.5 Å². The number of esters is 1. The molecule has 1 rings (SSSR count). The van der Waals surface area contributed by atoms with Crippen molar-refractivity contribution in [3.8, 4) is 0 Å². The molecule has 3 atom stereocenters. The summed E-state index contributed by atoms with van der Waals surface area (Å²) >= 11 is 0. The molecule has 1 aliphatic rings. The van der Waals surface area contributed by atoms with Crippen molar-refractivity contribution in [2.24, 2.45) is 11.8 Å². The number of carbonyl (C=O) groups is 3. The van der Waals surface area contributed by atoms with Gasteiger partial charge in [-0.1, -0.05) is 41.0 Å². The fourth-order valence-corrected chi connectivity index (χ4v) is 3.26. The summed E-state index contributed by atoms with van der Waals surface area (Å²) in [4.78, 5) is 37.8. The lowest BCUT2D eigenvalue weighted by Crippen LogP contribution is -2.55. The molecule has 1 fully saturated rings. The average molecular weight is 398 g/mol. The minimum Gasteiger partial charge on any atom is -0.464 e. The number of amides is 2. The molecule has 1 heterocycles.